The molecular formula is C18H20N4O2. The molecule has 1 aliphatic carbocycles. The second-order valence-corrected chi connectivity index (χ2v) is 6.51. The monoisotopic (exact) mass is 324 g/mol. The zero-order valence-electron chi connectivity index (χ0n) is 13.2. The summed E-state index contributed by atoms with van der Waals surface area (Å²) >= 11 is 0. The number of nitrogens with one attached hydrogen (secondary N) is 2. The number of aromatic nitrogens is 3. The first-order valence-corrected chi connectivity index (χ1v) is 8.21. The van der Waals surface area contributed by atoms with E-state index < -0.39 is 6.10 Å². The summed E-state index contributed by atoms with van der Waals surface area (Å²) in [5, 5.41) is 14.3. The SMILES string of the molecule is O=C(N[C@@H]1CC(Cn2ccnc2)C[C@H]1O)c1cc2ccccc2[nH]1. The lowest BCUT2D eigenvalue weighted by Crippen LogP contribution is -2.40. The van der Waals surface area contributed by atoms with Crippen molar-refractivity contribution < 1.29 is 9.90 Å². The van der Waals surface area contributed by atoms with Crippen LogP contribution in [-0.2, 0) is 6.54 Å². The molecular weight excluding hydrogens is 304 g/mol. The average molecular weight is 324 g/mol. The number of H-pyrrole nitrogens is 1. The van der Waals surface area contributed by atoms with Crippen LogP contribution in [0.15, 0.2) is 49.1 Å². The van der Waals surface area contributed by atoms with Gasteiger partial charge in [0.2, 0.25) is 0 Å². The summed E-state index contributed by atoms with van der Waals surface area (Å²) < 4.78 is 2.01. The molecule has 1 aromatic carbocycles. The van der Waals surface area contributed by atoms with E-state index in [1.165, 1.54) is 0 Å². The summed E-state index contributed by atoms with van der Waals surface area (Å²) in [5.74, 6) is 0.167. The van der Waals surface area contributed by atoms with Crippen LogP contribution >= 0.6 is 0 Å². The molecule has 2 aromatic heterocycles. The van der Waals surface area contributed by atoms with E-state index in [0.717, 1.165) is 23.9 Å². The molecule has 0 radical (unpaired) electrons. The third-order valence-corrected chi connectivity index (χ3v) is 4.75. The van der Waals surface area contributed by atoms with Crippen molar-refractivity contribution in [3.8, 4) is 0 Å². The minimum Gasteiger partial charge on any atom is -0.391 e. The highest BCUT2D eigenvalue weighted by molar-refractivity contribution is 5.98. The maximum absolute atomic E-state index is 12.5. The van der Waals surface area contributed by atoms with Crippen molar-refractivity contribution in [1.82, 2.24) is 19.9 Å². The maximum Gasteiger partial charge on any atom is 0.268 e. The number of fused-ring (bicyclic) bond motifs is 1. The van der Waals surface area contributed by atoms with Gasteiger partial charge in [0.05, 0.1) is 18.5 Å². The number of nitrogens with zero attached hydrogens (tertiary/aromatic N) is 2. The zero-order chi connectivity index (χ0) is 16.5. The van der Waals surface area contributed by atoms with E-state index in [1.807, 2.05) is 41.1 Å². The van der Waals surface area contributed by atoms with Crippen LogP contribution in [0.1, 0.15) is 23.3 Å². The van der Waals surface area contributed by atoms with Crippen LogP contribution in [0.4, 0.5) is 0 Å². The fraction of sp³-hybridized carbons (Fsp3) is 0.333. The van der Waals surface area contributed by atoms with E-state index in [9.17, 15) is 9.90 Å². The van der Waals surface area contributed by atoms with Crippen LogP contribution in [0.2, 0.25) is 0 Å². The number of rotatable bonds is 4. The zero-order valence-corrected chi connectivity index (χ0v) is 13.2. The normalized spacial score (nSPS) is 23.6. The highest BCUT2D eigenvalue weighted by Crippen LogP contribution is 2.28. The molecule has 2 heterocycles. The summed E-state index contributed by atoms with van der Waals surface area (Å²) in [5.41, 5.74) is 1.47. The van der Waals surface area contributed by atoms with Gasteiger partial charge in [-0.25, -0.2) is 4.98 Å². The molecule has 0 bridgehead atoms. The van der Waals surface area contributed by atoms with Gasteiger partial charge >= 0.3 is 0 Å². The Labute approximate surface area is 139 Å². The van der Waals surface area contributed by atoms with Crippen molar-refractivity contribution in [2.24, 2.45) is 5.92 Å². The number of hydrogen-bond acceptors (Lipinski definition) is 3. The number of aromatic amines is 1. The van der Waals surface area contributed by atoms with Crippen LogP contribution in [-0.4, -0.2) is 37.7 Å². The number of carbonyl (C=O) groups excluding carboxylic acids is 1. The Balaban J connectivity index is 1.41. The standard InChI is InChI=1S/C18H20N4O2/c23-17-8-12(10-22-6-5-19-11-22)7-15(17)21-18(24)16-9-13-3-1-2-4-14(13)20-16/h1-6,9,11-12,15,17,20,23H,7-8,10H2,(H,21,24)/t12?,15-,17-/m1/s1. The lowest BCUT2D eigenvalue weighted by molar-refractivity contribution is 0.0869. The van der Waals surface area contributed by atoms with Crippen LogP contribution < -0.4 is 5.32 Å². The van der Waals surface area contributed by atoms with Gasteiger partial charge in [-0.3, -0.25) is 4.79 Å². The molecule has 3 aromatic rings. The molecule has 4 rings (SSSR count). The van der Waals surface area contributed by atoms with E-state index in [2.05, 4.69) is 15.3 Å². The largest absolute Gasteiger partial charge is 0.391 e. The van der Waals surface area contributed by atoms with Crippen molar-refractivity contribution in [3.05, 3.63) is 54.7 Å². The second-order valence-electron chi connectivity index (χ2n) is 6.51. The second kappa shape index (κ2) is 6.13. The van der Waals surface area contributed by atoms with Gasteiger partial charge in [-0.15, -0.1) is 0 Å². The number of aliphatic hydroxyl groups is 1. The molecule has 1 unspecified atom stereocenters. The van der Waals surface area contributed by atoms with E-state index in [-0.39, 0.29) is 11.9 Å². The first kappa shape index (κ1) is 15.0. The summed E-state index contributed by atoms with van der Waals surface area (Å²) in [4.78, 5) is 19.6. The number of imidazole rings is 1. The third-order valence-electron chi connectivity index (χ3n) is 4.75. The van der Waals surface area contributed by atoms with Gasteiger partial charge in [-0.1, -0.05) is 18.2 Å². The Kier molecular flexibility index (Phi) is 3.82. The van der Waals surface area contributed by atoms with E-state index in [1.54, 1.807) is 12.5 Å². The van der Waals surface area contributed by atoms with Gasteiger partial charge in [0, 0.05) is 29.8 Å². The number of hydrogen-bond donors (Lipinski definition) is 3. The fourth-order valence-electron chi connectivity index (χ4n) is 3.56. The average Bonchev–Trinajstić information content (AvgIpc) is 3.28. The molecule has 1 fully saturated rings. The van der Waals surface area contributed by atoms with Gasteiger partial charge in [0.25, 0.3) is 5.91 Å². The Hall–Kier alpha value is -2.60. The molecule has 0 saturated heterocycles. The minimum atomic E-state index is -0.508. The van der Waals surface area contributed by atoms with Gasteiger partial charge in [0.15, 0.2) is 0 Å². The predicted octanol–water partition coefficient (Wildman–Crippen LogP) is 1.93. The number of benzene rings is 1. The molecule has 3 N–H and O–H groups in total. The maximum atomic E-state index is 12.5. The van der Waals surface area contributed by atoms with Gasteiger partial charge in [-0.2, -0.15) is 0 Å². The fourth-order valence-corrected chi connectivity index (χ4v) is 3.56. The van der Waals surface area contributed by atoms with Crippen molar-refractivity contribution in [2.75, 3.05) is 0 Å². The quantitative estimate of drug-likeness (QED) is 0.686. The lowest BCUT2D eigenvalue weighted by atomic mass is 10.1. The molecule has 1 amide bonds. The summed E-state index contributed by atoms with van der Waals surface area (Å²) in [6, 6.07) is 9.42. The van der Waals surface area contributed by atoms with Crippen LogP contribution in [0, 0.1) is 5.92 Å². The Morgan fingerprint density at radius 1 is 1.38 bits per heavy atom. The number of aliphatic hydroxyl groups excluding tert-OH is 1. The van der Waals surface area contributed by atoms with Gasteiger partial charge in [-0.05, 0) is 30.9 Å². The van der Waals surface area contributed by atoms with Crippen LogP contribution in [0.25, 0.3) is 10.9 Å². The predicted molar refractivity (Wildman–Crippen MR) is 90.5 cm³/mol. The summed E-state index contributed by atoms with van der Waals surface area (Å²) in [6.45, 7) is 0.815. The summed E-state index contributed by atoms with van der Waals surface area (Å²) in [7, 11) is 0. The molecule has 3 atom stereocenters. The molecule has 124 valence electrons. The highest BCUT2D eigenvalue weighted by atomic mass is 16.3. The molecule has 24 heavy (non-hydrogen) atoms. The van der Waals surface area contributed by atoms with E-state index in [0.29, 0.717) is 18.0 Å². The van der Waals surface area contributed by atoms with Crippen molar-refractivity contribution in [1.29, 1.82) is 0 Å². The van der Waals surface area contributed by atoms with Crippen LogP contribution in [0.5, 0.6) is 0 Å². The Morgan fingerprint density at radius 3 is 3.04 bits per heavy atom. The van der Waals surface area contributed by atoms with Crippen LogP contribution in [0.3, 0.4) is 0 Å². The smallest absolute Gasteiger partial charge is 0.268 e. The molecule has 6 nitrogen and oxygen atoms in total. The van der Waals surface area contributed by atoms with Gasteiger partial charge in [0.1, 0.15) is 5.69 Å². The van der Waals surface area contributed by atoms with E-state index in [4.69, 9.17) is 0 Å². The van der Waals surface area contributed by atoms with Gasteiger partial charge < -0.3 is 20.0 Å². The number of para-hydroxylation sites is 1. The Morgan fingerprint density at radius 2 is 2.25 bits per heavy atom. The molecule has 1 aliphatic rings. The first-order valence-electron chi connectivity index (χ1n) is 8.21. The first-order chi connectivity index (χ1) is 11.7. The Bertz CT molecular complexity index is 807. The summed E-state index contributed by atoms with van der Waals surface area (Å²) in [6.07, 6.45) is 6.40. The minimum absolute atomic E-state index is 0.168. The molecule has 0 spiro atoms. The number of amides is 1. The van der Waals surface area contributed by atoms with Crippen molar-refractivity contribution >= 4 is 16.8 Å². The molecule has 6 heteroatoms. The third kappa shape index (κ3) is 2.92. The lowest BCUT2D eigenvalue weighted by Gasteiger charge is -2.15. The molecule has 1 saturated carbocycles. The number of carbonyl (C=O) groups is 1. The van der Waals surface area contributed by atoms with Crippen molar-refractivity contribution in [3.63, 3.8) is 0 Å². The highest BCUT2D eigenvalue weighted by Gasteiger charge is 2.34. The molecule has 0 aliphatic heterocycles. The van der Waals surface area contributed by atoms with E-state index >= 15 is 0 Å². The topological polar surface area (TPSA) is 82.9 Å². The van der Waals surface area contributed by atoms with Crippen molar-refractivity contribution in [2.45, 2.75) is 31.5 Å².